The molecule has 0 aromatic heterocycles. The predicted molar refractivity (Wildman–Crippen MR) is 79.3 cm³/mol. The van der Waals surface area contributed by atoms with Crippen molar-refractivity contribution in [2.45, 2.75) is 32.9 Å². The summed E-state index contributed by atoms with van der Waals surface area (Å²) in [6.45, 7) is 4.70. The molecule has 0 unspecified atom stereocenters. The van der Waals surface area contributed by atoms with Crippen LogP contribution in [0.15, 0.2) is 48.5 Å². The van der Waals surface area contributed by atoms with E-state index in [0.29, 0.717) is 6.61 Å². The first-order valence-corrected chi connectivity index (χ1v) is 6.66. The zero-order chi connectivity index (χ0) is 13.7. The van der Waals surface area contributed by atoms with E-state index in [1.807, 2.05) is 19.1 Å². The molecule has 0 saturated carbocycles. The number of aryl methyl sites for hydroxylation is 1. The highest BCUT2D eigenvalue weighted by atomic mass is 16.5. The summed E-state index contributed by atoms with van der Waals surface area (Å²) in [5.74, 6) is 0.897. The maximum atomic E-state index is 5.78. The highest BCUT2D eigenvalue weighted by molar-refractivity contribution is 5.28. The van der Waals surface area contributed by atoms with Crippen LogP contribution in [0.2, 0.25) is 0 Å². The molecule has 0 saturated heterocycles. The van der Waals surface area contributed by atoms with Gasteiger partial charge < -0.3 is 10.5 Å². The molecule has 19 heavy (non-hydrogen) atoms. The Morgan fingerprint density at radius 1 is 0.947 bits per heavy atom. The number of nitrogens with two attached hydrogens (primary N) is 1. The van der Waals surface area contributed by atoms with Crippen LogP contribution in [0.5, 0.6) is 5.75 Å². The number of hydrogen-bond donors (Lipinski definition) is 1. The van der Waals surface area contributed by atoms with Gasteiger partial charge >= 0.3 is 0 Å². The lowest BCUT2D eigenvalue weighted by Crippen LogP contribution is -2.17. The van der Waals surface area contributed by atoms with E-state index >= 15 is 0 Å². The molecule has 0 bridgehead atoms. The second kappa shape index (κ2) is 6.39. The van der Waals surface area contributed by atoms with Crippen molar-refractivity contribution in [3.63, 3.8) is 0 Å². The summed E-state index contributed by atoms with van der Waals surface area (Å²) in [4.78, 5) is 0. The van der Waals surface area contributed by atoms with E-state index in [2.05, 4.69) is 43.3 Å². The van der Waals surface area contributed by atoms with Gasteiger partial charge in [-0.1, -0.05) is 42.0 Å². The third kappa shape index (κ3) is 4.42. The van der Waals surface area contributed by atoms with Crippen LogP contribution in [-0.2, 0) is 13.0 Å². The maximum Gasteiger partial charge on any atom is 0.119 e. The van der Waals surface area contributed by atoms with Crippen molar-refractivity contribution in [3.05, 3.63) is 65.2 Å². The second-order valence-corrected chi connectivity index (χ2v) is 5.10. The van der Waals surface area contributed by atoms with Crippen molar-refractivity contribution < 1.29 is 4.74 Å². The molecule has 100 valence electrons. The lowest BCUT2D eigenvalue weighted by Gasteiger charge is -2.09. The molecule has 0 heterocycles. The Hall–Kier alpha value is -1.80. The number of hydrogen-bond acceptors (Lipinski definition) is 2. The molecule has 0 aliphatic carbocycles. The Morgan fingerprint density at radius 2 is 1.53 bits per heavy atom. The molecule has 2 rings (SSSR count). The summed E-state index contributed by atoms with van der Waals surface area (Å²) in [6.07, 6.45) is 0.901. The molecule has 2 aromatic rings. The molecule has 0 amide bonds. The molecule has 1 atom stereocenters. The van der Waals surface area contributed by atoms with Gasteiger partial charge in [0.25, 0.3) is 0 Å². The van der Waals surface area contributed by atoms with E-state index in [1.165, 1.54) is 16.7 Å². The molecule has 0 aliphatic heterocycles. The summed E-state index contributed by atoms with van der Waals surface area (Å²) >= 11 is 0. The van der Waals surface area contributed by atoms with Gasteiger partial charge in [0, 0.05) is 6.04 Å². The molecule has 2 aromatic carbocycles. The van der Waals surface area contributed by atoms with Gasteiger partial charge in [0.2, 0.25) is 0 Å². The van der Waals surface area contributed by atoms with Crippen LogP contribution in [0.4, 0.5) is 0 Å². The van der Waals surface area contributed by atoms with Gasteiger partial charge in [-0.2, -0.15) is 0 Å². The lowest BCUT2D eigenvalue weighted by atomic mass is 10.1. The first-order chi connectivity index (χ1) is 9.13. The average Bonchev–Trinajstić information content (AvgIpc) is 2.39. The molecule has 0 fully saturated rings. The Balaban J connectivity index is 1.91. The molecular weight excluding hydrogens is 234 g/mol. The lowest BCUT2D eigenvalue weighted by molar-refractivity contribution is 0.306. The van der Waals surface area contributed by atoms with Crippen LogP contribution in [0.3, 0.4) is 0 Å². The number of rotatable bonds is 5. The SMILES string of the molecule is Cc1ccc(COc2ccc(C[C@H](C)N)cc2)cc1. The molecule has 2 nitrogen and oxygen atoms in total. The monoisotopic (exact) mass is 255 g/mol. The summed E-state index contributed by atoms with van der Waals surface area (Å²) < 4.78 is 5.76. The minimum atomic E-state index is 0.194. The predicted octanol–water partition coefficient (Wildman–Crippen LogP) is 3.46. The average molecular weight is 255 g/mol. The molecule has 2 N–H and O–H groups in total. The van der Waals surface area contributed by atoms with Crippen LogP contribution < -0.4 is 10.5 Å². The molecule has 0 radical (unpaired) electrons. The summed E-state index contributed by atoms with van der Waals surface area (Å²) in [5.41, 5.74) is 9.48. The highest BCUT2D eigenvalue weighted by Gasteiger charge is 1.99. The quantitative estimate of drug-likeness (QED) is 0.888. The number of benzene rings is 2. The Bertz CT molecular complexity index is 500. The minimum Gasteiger partial charge on any atom is -0.489 e. The van der Waals surface area contributed by atoms with Gasteiger partial charge in [0.1, 0.15) is 12.4 Å². The third-order valence-electron chi connectivity index (χ3n) is 3.01. The van der Waals surface area contributed by atoms with E-state index in [1.54, 1.807) is 0 Å². The largest absolute Gasteiger partial charge is 0.489 e. The van der Waals surface area contributed by atoms with Gasteiger partial charge in [-0.25, -0.2) is 0 Å². The second-order valence-electron chi connectivity index (χ2n) is 5.10. The molecule has 0 aliphatic rings. The first-order valence-electron chi connectivity index (χ1n) is 6.66. The normalized spacial score (nSPS) is 12.2. The van der Waals surface area contributed by atoms with Crippen LogP contribution in [-0.4, -0.2) is 6.04 Å². The Labute approximate surface area is 115 Å². The van der Waals surface area contributed by atoms with Crippen molar-refractivity contribution in [1.29, 1.82) is 0 Å². The fraction of sp³-hybridized carbons (Fsp3) is 0.294. The maximum absolute atomic E-state index is 5.78. The van der Waals surface area contributed by atoms with Crippen molar-refractivity contribution in [3.8, 4) is 5.75 Å². The van der Waals surface area contributed by atoms with E-state index < -0.39 is 0 Å². The summed E-state index contributed by atoms with van der Waals surface area (Å²) in [6, 6.07) is 16.8. The molecule has 0 spiro atoms. The van der Waals surface area contributed by atoms with Crippen molar-refractivity contribution in [2.75, 3.05) is 0 Å². The third-order valence-corrected chi connectivity index (χ3v) is 3.01. The summed E-state index contributed by atoms with van der Waals surface area (Å²) in [7, 11) is 0. The molecule has 2 heteroatoms. The Morgan fingerprint density at radius 3 is 2.11 bits per heavy atom. The van der Waals surface area contributed by atoms with Crippen molar-refractivity contribution >= 4 is 0 Å². The first kappa shape index (κ1) is 13.6. The number of ether oxygens (including phenoxy) is 1. The topological polar surface area (TPSA) is 35.2 Å². The smallest absolute Gasteiger partial charge is 0.119 e. The van der Waals surface area contributed by atoms with E-state index in [-0.39, 0.29) is 6.04 Å². The van der Waals surface area contributed by atoms with Gasteiger partial charge in [0.05, 0.1) is 0 Å². The van der Waals surface area contributed by atoms with Crippen LogP contribution in [0.25, 0.3) is 0 Å². The fourth-order valence-electron chi connectivity index (χ4n) is 1.94. The van der Waals surface area contributed by atoms with Crippen LogP contribution >= 0.6 is 0 Å². The zero-order valence-electron chi connectivity index (χ0n) is 11.6. The standard InChI is InChI=1S/C17H21NO/c1-13-3-5-16(6-4-13)12-19-17-9-7-15(8-10-17)11-14(2)18/h3-10,14H,11-12,18H2,1-2H3/t14-/m0/s1. The van der Waals surface area contributed by atoms with Crippen LogP contribution in [0, 0.1) is 6.92 Å². The van der Waals surface area contributed by atoms with Crippen molar-refractivity contribution in [2.24, 2.45) is 5.73 Å². The van der Waals surface area contributed by atoms with Gasteiger partial charge in [0.15, 0.2) is 0 Å². The van der Waals surface area contributed by atoms with Crippen LogP contribution in [0.1, 0.15) is 23.6 Å². The fourth-order valence-corrected chi connectivity index (χ4v) is 1.94. The molecular formula is C17H21NO. The summed E-state index contributed by atoms with van der Waals surface area (Å²) in [5, 5.41) is 0. The van der Waals surface area contributed by atoms with Gasteiger partial charge in [-0.3, -0.25) is 0 Å². The Kier molecular flexibility index (Phi) is 4.58. The minimum absolute atomic E-state index is 0.194. The van der Waals surface area contributed by atoms with Gasteiger partial charge in [-0.15, -0.1) is 0 Å². The van der Waals surface area contributed by atoms with E-state index in [9.17, 15) is 0 Å². The van der Waals surface area contributed by atoms with E-state index in [0.717, 1.165) is 12.2 Å². The van der Waals surface area contributed by atoms with Crippen molar-refractivity contribution in [1.82, 2.24) is 0 Å². The highest BCUT2D eigenvalue weighted by Crippen LogP contribution is 2.15. The van der Waals surface area contributed by atoms with E-state index in [4.69, 9.17) is 10.5 Å². The zero-order valence-corrected chi connectivity index (χ0v) is 11.6. The van der Waals surface area contributed by atoms with Gasteiger partial charge in [-0.05, 0) is 43.5 Å².